The SMILES string of the molecule is COc1c2c(c(C)c3c(C)coc13)[C@@](C)(O)C=CC2=O. The molecule has 0 unspecified atom stereocenters. The summed E-state index contributed by atoms with van der Waals surface area (Å²) in [6, 6.07) is 0. The summed E-state index contributed by atoms with van der Waals surface area (Å²) < 4.78 is 10.9. The molecule has 0 saturated carbocycles. The Balaban J connectivity index is 2.57. The minimum atomic E-state index is -1.20. The molecule has 1 heterocycles. The largest absolute Gasteiger partial charge is 0.492 e. The molecule has 0 bridgehead atoms. The minimum Gasteiger partial charge on any atom is -0.492 e. The van der Waals surface area contributed by atoms with Gasteiger partial charge in [-0.15, -0.1) is 0 Å². The molecule has 3 rings (SSSR count). The van der Waals surface area contributed by atoms with Crippen LogP contribution in [0.15, 0.2) is 22.8 Å². The molecule has 4 heteroatoms. The Bertz CT molecular complexity index is 763. The second-order valence-electron chi connectivity index (χ2n) is 5.38. The van der Waals surface area contributed by atoms with E-state index in [1.807, 2.05) is 13.8 Å². The first-order chi connectivity index (χ1) is 9.38. The third-order valence-electron chi connectivity index (χ3n) is 3.92. The van der Waals surface area contributed by atoms with Gasteiger partial charge in [-0.1, -0.05) is 0 Å². The average Bonchev–Trinajstić information content (AvgIpc) is 2.77. The summed E-state index contributed by atoms with van der Waals surface area (Å²) in [6.07, 6.45) is 4.54. The molecule has 1 N–H and O–H groups in total. The normalized spacial score (nSPS) is 21.4. The molecule has 1 atom stereocenters. The van der Waals surface area contributed by atoms with E-state index in [2.05, 4.69) is 0 Å². The fraction of sp³-hybridized carbons (Fsp3) is 0.312. The smallest absolute Gasteiger partial charge is 0.189 e. The number of carbonyl (C=O) groups excluding carboxylic acids is 1. The number of carbonyl (C=O) groups is 1. The monoisotopic (exact) mass is 272 g/mol. The summed E-state index contributed by atoms with van der Waals surface area (Å²) in [5.41, 5.74) is 2.15. The predicted octanol–water partition coefficient (Wildman–Crippen LogP) is 3.02. The van der Waals surface area contributed by atoms with Crippen LogP contribution in [-0.4, -0.2) is 18.0 Å². The number of ether oxygens (including phenoxy) is 1. The highest BCUT2D eigenvalue weighted by Gasteiger charge is 2.36. The molecule has 1 aromatic heterocycles. The van der Waals surface area contributed by atoms with Gasteiger partial charge in [0.2, 0.25) is 0 Å². The van der Waals surface area contributed by atoms with Crippen LogP contribution in [0.25, 0.3) is 11.0 Å². The Morgan fingerprint density at radius 3 is 2.70 bits per heavy atom. The lowest BCUT2D eigenvalue weighted by atomic mass is 9.80. The second kappa shape index (κ2) is 3.96. The Hall–Kier alpha value is -2.07. The van der Waals surface area contributed by atoms with Crippen LogP contribution >= 0.6 is 0 Å². The van der Waals surface area contributed by atoms with Gasteiger partial charge in [0.15, 0.2) is 17.1 Å². The third-order valence-corrected chi connectivity index (χ3v) is 3.92. The molecular formula is C16H16O4. The standard InChI is InChI=1S/C16H16O4/c1-8-7-20-15-11(8)9(2)13-12(14(15)19-4)10(17)5-6-16(13,3)18/h5-7,18H,1-4H3/t16-/m0/s1. The molecule has 1 aliphatic carbocycles. The van der Waals surface area contributed by atoms with Crippen molar-refractivity contribution >= 4 is 16.8 Å². The quantitative estimate of drug-likeness (QED) is 0.867. The number of hydrogen-bond acceptors (Lipinski definition) is 4. The average molecular weight is 272 g/mol. The Kier molecular flexibility index (Phi) is 2.56. The van der Waals surface area contributed by atoms with Crippen molar-refractivity contribution in [2.45, 2.75) is 26.4 Å². The first-order valence-electron chi connectivity index (χ1n) is 6.43. The van der Waals surface area contributed by atoms with Gasteiger partial charge in [0, 0.05) is 10.9 Å². The number of methoxy groups -OCH3 is 1. The first-order valence-corrected chi connectivity index (χ1v) is 6.43. The lowest BCUT2D eigenvalue weighted by molar-refractivity contribution is 0.0923. The number of furan rings is 1. The Morgan fingerprint density at radius 2 is 2.05 bits per heavy atom. The molecule has 0 aliphatic heterocycles. The van der Waals surface area contributed by atoms with E-state index in [1.54, 1.807) is 13.2 Å². The van der Waals surface area contributed by atoms with Crippen LogP contribution in [0.4, 0.5) is 0 Å². The van der Waals surface area contributed by atoms with Crippen LogP contribution < -0.4 is 4.74 Å². The van der Waals surface area contributed by atoms with E-state index in [1.165, 1.54) is 19.3 Å². The Morgan fingerprint density at radius 1 is 1.35 bits per heavy atom. The van der Waals surface area contributed by atoms with Gasteiger partial charge in [0.25, 0.3) is 0 Å². The van der Waals surface area contributed by atoms with Gasteiger partial charge >= 0.3 is 0 Å². The number of benzene rings is 1. The first kappa shape index (κ1) is 12.9. The lowest BCUT2D eigenvalue weighted by Gasteiger charge is -2.29. The summed E-state index contributed by atoms with van der Waals surface area (Å²) in [6.45, 7) is 5.49. The van der Waals surface area contributed by atoms with E-state index in [4.69, 9.17) is 9.15 Å². The zero-order chi connectivity index (χ0) is 14.7. The zero-order valence-electron chi connectivity index (χ0n) is 11.9. The van der Waals surface area contributed by atoms with Gasteiger partial charge in [-0.3, -0.25) is 4.79 Å². The fourth-order valence-electron chi connectivity index (χ4n) is 3.08. The molecule has 0 radical (unpaired) electrons. The molecule has 20 heavy (non-hydrogen) atoms. The van der Waals surface area contributed by atoms with E-state index >= 15 is 0 Å². The summed E-state index contributed by atoms with van der Waals surface area (Å²) in [5, 5.41) is 11.5. The van der Waals surface area contributed by atoms with Gasteiger partial charge in [0.1, 0.15) is 5.60 Å². The van der Waals surface area contributed by atoms with Crippen molar-refractivity contribution in [2.75, 3.05) is 7.11 Å². The van der Waals surface area contributed by atoms with Gasteiger partial charge in [-0.05, 0) is 44.1 Å². The molecular weight excluding hydrogens is 256 g/mol. The topological polar surface area (TPSA) is 59.7 Å². The molecule has 0 amide bonds. The second-order valence-corrected chi connectivity index (χ2v) is 5.38. The fourth-order valence-corrected chi connectivity index (χ4v) is 3.08. The maximum Gasteiger partial charge on any atom is 0.189 e. The van der Waals surface area contributed by atoms with Crippen LogP contribution in [0.3, 0.4) is 0 Å². The molecule has 1 aliphatic rings. The Labute approximate surface area is 116 Å². The maximum absolute atomic E-state index is 12.2. The van der Waals surface area contributed by atoms with Crippen molar-refractivity contribution in [3.05, 3.63) is 40.7 Å². The molecule has 2 aromatic rings. The highest BCUT2D eigenvalue weighted by molar-refractivity contribution is 6.13. The molecule has 104 valence electrons. The van der Waals surface area contributed by atoms with E-state index in [9.17, 15) is 9.90 Å². The van der Waals surface area contributed by atoms with Crippen LogP contribution in [0.5, 0.6) is 5.75 Å². The maximum atomic E-state index is 12.2. The molecule has 1 aromatic carbocycles. The minimum absolute atomic E-state index is 0.178. The zero-order valence-corrected chi connectivity index (χ0v) is 11.9. The van der Waals surface area contributed by atoms with E-state index < -0.39 is 5.60 Å². The van der Waals surface area contributed by atoms with Gasteiger partial charge in [0.05, 0.1) is 18.9 Å². The summed E-state index contributed by atoms with van der Waals surface area (Å²) in [7, 11) is 1.50. The lowest BCUT2D eigenvalue weighted by Crippen LogP contribution is -2.27. The summed E-state index contributed by atoms with van der Waals surface area (Å²) in [5.74, 6) is 0.214. The third kappa shape index (κ3) is 1.48. The van der Waals surface area contributed by atoms with Crippen LogP contribution in [0, 0.1) is 13.8 Å². The van der Waals surface area contributed by atoms with Gasteiger partial charge < -0.3 is 14.3 Å². The van der Waals surface area contributed by atoms with Crippen LogP contribution in [0.1, 0.15) is 34.0 Å². The molecule has 0 spiro atoms. The van der Waals surface area contributed by atoms with E-state index in [-0.39, 0.29) is 5.78 Å². The summed E-state index contributed by atoms with van der Waals surface area (Å²) >= 11 is 0. The predicted molar refractivity (Wildman–Crippen MR) is 75.3 cm³/mol. The van der Waals surface area contributed by atoms with Crippen molar-refractivity contribution in [3.8, 4) is 5.75 Å². The van der Waals surface area contributed by atoms with Crippen molar-refractivity contribution in [1.82, 2.24) is 0 Å². The van der Waals surface area contributed by atoms with E-state index in [0.29, 0.717) is 22.5 Å². The van der Waals surface area contributed by atoms with Crippen LogP contribution in [-0.2, 0) is 5.60 Å². The number of fused-ring (bicyclic) bond motifs is 2. The molecule has 4 nitrogen and oxygen atoms in total. The molecule has 0 saturated heterocycles. The van der Waals surface area contributed by atoms with Crippen molar-refractivity contribution < 1.29 is 19.1 Å². The number of aryl methyl sites for hydroxylation is 2. The van der Waals surface area contributed by atoms with Gasteiger partial charge in [-0.2, -0.15) is 0 Å². The van der Waals surface area contributed by atoms with Gasteiger partial charge in [-0.25, -0.2) is 0 Å². The molecule has 0 fully saturated rings. The number of rotatable bonds is 1. The van der Waals surface area contributed by atoms with E-state index in [0.717, 1.165) is 16.5 Å². The number of aliphatic hydroxyl groups is 1. The number of ketones is 1. The summed E-state index contributed by atoms with van der Waals surface area (Å²) in [4.78, 5) is 12.2. The van der Waals surface area contributed by atoms with Crippen molar-refractivity contribution in [2.24, 2.45) is 0 Å². The number of allylic oxidation sites excluding steroid dienone is 1. The highest BCUT2D eigenvalue weighted by atomic mass is 16.5. The highest BCUT2D eigenvalue weighted by Crippen LogP contribution is 2.44. The number of hydrogen-bond donors (Lipinski definition) is 1. The van der Waals surface area contributed by atoms with Crippen molar-refractivity contribution in [3.63, 3.8) is 0 Å². The van der Waals surface area contributed by atoms with Crippen LogP contribution in [0.2, 0.25) is 0 Å². The van der Waals surface area contributed by atoms with Crippen molar-refractivity contribution in [1.29, 1.82) is 0 Å².